The van der Waals surface area contributed by atoms with E-state index >= 15 is 0 Å². The number of para-hydroxylation sites is 1. The summed E-state index contributed by atoms with van der Waals surface area (Å²) in [6, 6.07) is 16.1. The molecule has 0 aliphatic rings. The molecule has 1 amide bonds. The van der Waals surface area contributed by atoms with E-state index in [2.05, 4.69) is 5.32 Å². The van der Waals surface area contributed by atoms with Crippen LogP contribution >= 0.6 is 0 Å². The maximum absolute atomic E-state index is 12.2. The van der Waals surface area contributed by atoms with Crippen LogP contribution in [0.3, 0.4) is 0 Å². The lowest BCUT2D eigenvalue weighted by Gasteiger charge is -2.13. The Bertz CT molecular complexity index is 938. The molecule has 3 rings (SSSR count). The summed E-state index contributed by atoms with van der Waals surface area (Å²) < 4.78 is 16.4. The topological polar surface area (TPSA) is 84.5 Å². The van der Waals surface area contributed by atoms with Gasteiger partial charge in [0.05, 0.1) is 24.8 Å². The maximum Gasteiger partial charge on any atom is 0.258 e. The number of methoxy groups -OCH3 is 1. The Morgan fingerprint density at radius 3 is 2.77 bits per heavy atom. The fraction of sp³-hybridized carbons (Fsp3) is 0.200. The largest absolute Gasteiger partial charge is 0.493 e. The molecule has 0 saturated carbocycles. The first-order valence-electron chi connectivity index (χ1n) is 8.09. The van der Waals surface area contributed by atoms with Crippen molar-refractivity contribution in [3.05, 3.63) is 59.9 Å². The summed E-state index contributed by atoms with van der Waals surface area (Å²) >= 11 is 0. The van der Waals surface area contributed by atoms with Gasteiger partial charge in [-0.05, 0) is 31.2 Å². The third kappa shape index (κ3) is 3.78. The van der Waals surface area contributed by atoms with Gasteiger partial charge >= 0.3 is 0 Å². The van der Waals surface area contributed by atoms with Crippen LogP contribution in [0.5, 0.6) is 11.5 Å². The fourth-order valence-corrected chi connectivity index (χ4v) is 2.57. The summed E-state index contributed by atoms with van der Waals surface area (Å²) in [5.41, 5.74) is 1.24. The third-order valence-electron chi connectivity index (χ3n) is 3.90. The van der Waals surface area contributed by atoms with Gasteiger partial charge in [0, 0.05) is 11.5 Å². The zero-order valence-electron chi connectivity index (χ0n) is 14.5. The quantitative estimate of drug-likeness (QED) is 0.735. The molecule has 6 heteroatoms. The summed E-state index contributed by atoms with van der Waals surface area (Å²) in [5, 5.41) is 12.7. The molecule has 0 aliphatic carbocycles. The van der Waals surface area contributed by atoms with Crippen LogP contribution in [0, 0.1) is 11.3 Å². The number of furan rings is 1. The number of nitrogens with zero attached hydrogens (tertiary/aromatic N) is 1. The molecule has 0 saturated heterocycles. The van der Waals surface area contributed by atoms with Gasteiger partial charge in [0.15, 0.2) is 18.1 Å². The van der Waals surface area contributed by atoms with Gasteiger partial charge in [-0.2, -0.15) is 5.26 Å². The van der Waals surface area contributed by atoms with Gasteiger partial charge in [0.1, 0.15) is 11.3 Å². The van der Waals surface area contributed by atoms with Crippen molar-refractivity contribution in [3.63, 3.8) is 0 Å². The van der Waals surface area contributed by atoms with Crippen molar-refractivity contribution in [2.24, 2.45) is 0 Å². The lowest BCUT2D eigenvalue weighted by Crippen LogP contribution is -2.31. The molecule has 0 fully saturated rings. The first-order chi connectivity index (χ1) is 12.6. The highest BCUT2D eigenvalue weighted by atomic mass is 16.5. The van der Waals surface area contributed by atoms with Gasteiger partial charge in [-0.25, -0.2) is 0 Å². The zero-order chi connectivity index (χ0) is 18.5. The number of benzene rings is 2. The van der Waals surface area contributed by atoms with Crippen LogP contribution in [0.1, 0.15) is 24.3 Å². The molecular formula is C20H18N2O4. The van der Waals surface area contributed by atoms with E-state index in [1.54, 1.807) is 18.2 Å². The Morgan fingerprint density at radius 2 is 2.04 bits per heavy atom. The minimum atomic E-state index is -0.290. The van der Waals surface area contributed by atoms with Crippen molar-refractivity contribution in [1.29, 1.82) is 5.26 Å². The van der Waals surface area contributed by atoms with E-state index in [1.807, 2.05) is 43.3 Å². The lowest BCUT2D eigenvalue weighted by atomic mass is 10.2. The van der Waals surface area contributed by atoms with Crippen molar-refractivity contribution in [2.75, 3.05) is 13.7 Å². The van der Waals surface area contributed by atoms with Crippen LogP contribution in [0.15, 0.2) is 52.9 Å². The average Bonchev–Trinajstić information content (AvgIpc) is 3.10. The fourth-order valence-electron chi connectivity index (χ4n) is 2.57. The predicted molar refractivity (Wildman–Crippen MR) is 96.0 cm³/mol. The molecule has 3 aromatic rings. The monoisotopic (exact) mass is 350 g/mol. The minimum absolute atomic E-state index is 0.174. The number of ether oxygens (including phenoxy) is 2. The third-order valence-corrected chi connectivity index (χ3v) is 3.90. The van der Waals surface area contributed by atoms with Crippen LogP contribution in [0.2, 0.25) is 0 Å². The number of carbonyl (C=O) groups is 1. The summed E-state index contributed by atoms with van der Waals surface area (Å²) in [6.45, 7) is 1.67. The first kappa shape index (κ1) is 17.4. The summed E-state index contributed by atoms with van der Waals surface area (Å²) in [7, 11) is 1.48. The molecule has 6 nitrogen and oxygen atoms in total. The zero-order valence-corrected chi connectivity index (χ0v) is 14.5. The van der Waals surface area contributed by atoms with E-state index < -0.39 is 0 Å². The van der Waals surface area contributed by atoms with Crippen LogP contribution in [0.4, 0.5) is 0 Å². The summed E-state index contributed by atoms with van der Waals surface area (Å²) in [4.78, 5) is 12.2. The Balaban J connectivity index is 1.61. The number of hydrogen-bond donors (Lipinski definition) is 1. The predicted octanol–water partition coefficient (Wildman–Crippen LogP) is 3.57. The molecule has 2 aromatic carbocycles. The Morgan fingerprint density at radius 1 is 1.23 bits per heavy atom. The van der Waals surface area contributed by atoms with E-state index in [-0.39, 0.29) is 18.6 Å². The molecule has 1 atom stereocenters. The molecule has 0 unspecified atom stereocenters. The van der Waals surface area contributed by atoms with E-state index in [9.17, 15) is 4.79 Å². The molecule has 1 aromatic heterocycles. The highest BCUT2D eigenvalue weighted by Gasteiger charge is 2.15. The maximum atomic E-state index is 12.2. The molecule has 0 spiro atoms. The Hall–Kier alpha value is -3.46. The second-order valence-corrected chi connectivity index (χ2v) is 5.74. The summed E-state index contributed by atoms with van der Waals surface area (Å²) in [5.74, 6) is 1.19. The van der Waals surface area contributed by atoms with Crippen LogP contribution in [0.25, 0.3) is 11.0 Å². The summed E-state index contributed by atoms with van der Waals surface area (Å²) in [6.07, 6.45) is 0. The van der Waals surface area contributed by atoms with Crippen LogP contribution in [-0.4, -0.2) is 19.6 Å². The number of carbonyl (C=O) groups excluding carboxylic acids is 1. The molecule has 0 radical (unpaired) electrons. The molecule has 0 bridgehead atoms. The van der Waals surface area contributed by atoms with Gasteiger partial charge in [-0.15, -0.1) is 0 Å². The van der Waals surface area contributed by atoms with Crippen molar-refractivity contribution in [1.82, 2.24) is 5.32 Å². The van der Waals surface area contributed by atoms with Crippen molar-refractivity contribution in [3.8, 4) is 17.6 Å². The number of amides is 1. The molecular weight excluding hydrogens is 332 g/mol. The number of rotatable bonds is 6. The van der Waals surface area contributed by atoms with Crippen LogP contribution in [-0.2, 0) is 4.79 Å². The standard InChI is InChI=1S/C20H18N2O4/c1-13(18-10-15-5-3-4-6-16(15)26-18)22-20(23)12-25-17-8-7-14(11-21)9-19(17)24-2/h3-10,13H,12H2,1-2H3,(H,22,23)/t13-/m0/s1. The normalized spacial score (nSPS) is 11.6. The van der Waals surface area contributed by atoms with E-state index in [0.29, 0.717) is 22.8 Å². The first-order valence-corrected chi connectivity index (χ1v) is 8.09. The van der Waals surface area contributed by atoms with Crippen molar-refractivity contribution in [2.45, 2.75) is 13.0 Å². The Labute approximate surface area is 150 Å². The second kappa shape index (κ2) is 7.62. The molecule has 132 valence electrons. The van der Waals surface area contributed by atoms with E-state index in [1.165, 1.54) is 7.11 Å². The van der Waals surface area contributed by atoms with E-state index in [4.69, 9.17) is 19.2 Å². The highest BCUT2D eigenvalue weighted by molar-refractivity contribution is 5.80. The van der Waals surface area contributed by atoms with Gasteiger partial charge < -0.3 is 19.2 Å². The molecule has 0 aliphatic heterocycles. The smallest absolute Gasteiger partial charge is 0.258 e. The number of nitriles is 1. The second-order valence-electron chi connectivity index (χ2n) is 5.74. The van der Waals surface area contributed by atoms with Crippen molar-refractivity contribution < 1.29 is 18.7 Å². The SMILES string of the molecule is COc1cc(C#N)ccc1OCC(=O)N[C@@H](C)c1cc2ccccc2o1. The van der Waals surface area contributed by atoms with Gasteiger partial charge in [0.25, 0.3) is 5.91 Å². The van der Waals surface area contributed by atoms with Crippen LogP contribution < -0.4 is 14.8 Å². The van der Waals surface area contributed by atoms with Gasteiger partial charge in [-0.1, -0.05) is 18.2 Å². The Kier molecular flexibility index (Phi) is 5.09. The number of hydrogen-bond acceptors (Lipinski definition) is 5. The molecule has 1 heterocycles. The molecule has 26 heavy (non-hydrogen) atoms. The number of fused-ring (bicyclic) bond motifs is 1. The lowest BCUT2D eigenvalue weighted by molar-refractivity contribution is -0.123. The highest BCUT2D eigenvalue weighted by Crippen LogP contribution is 2.28. The minimum Gasteiger partial charge on any atom is -0.493 e. The van der Waals surface area contributed by atoms with Gasteiger partial charge in [0.2, 0.25) is 0 Å². The van der Waals surface area contributed by atoms with Crippen molar-refractivity contribution >= 4 is 16.9 Å². The van der Waals surface area contributed by atoms with E-state index in [0.717, 1.165) is 11.0 Å². The molecule has 1 N–H and O–H groups in total. The van der Waals surface area contributed by atoms with Gasteiger partial charge in [-0.3, -0.25) is 4.79 Å². The number of nitrogens with one attached hydrogen (secondary N) is 1. The average molecular weight is 350 g/mol.